The van der Waals surface area contributed by atoms with E-state index in [2.05, 4.69) is 6.58 Å². The highest BCUT2D eigenvalue weighted by atomic mass is 16.4. The molecule has 5 nitrogen and oxygen atoms in total. The predicted molar refractivity (Wildman–Crippen MR) is 69.4 cm³/mol. The quantitative estimate of drug-likeness (QED) is 0.763. The molecule has 1 aliphatic heterocycles. The predicted octanol–water partition coefficient (Wildman–Crippen LogP) is 1.94. The third kappa shape index (κ3) is 3.48. The number of hydrogen-bond acceptors (Lipinski definition) is 2. The Labute approximate surface area is 108 Å². The molecule has 5 heteroatoms. The van der Waals surface area contributed by atoms with Crippen LogP contribution in [-0.4, -0.2) is 52.1 Å². The zero-order chi connectivity index (χ0) is 13.7. The Morgan fingerprint density at radius 1 is 1.56 bits per heavy atom. The first kappa shape index (κ1) is 14.5. The summed E-state index contributed by atoms with van der Waals surface area (Å²) in [5, 5.41) is 8.86. The molecule has 1 heterocycles. The molecule has 0 aromatic carbocycles. The average molecular weight is 254 g/mol. The van der Waals surface area contributed by atoms with Crippen molar-refractivity contribution in [2.75, 3.05) is 13.1 Å². The summed E-state index contributed by atoms with van der Waals surface area (Å²) in [5.41, 5.74) is 0. The van der Waals surface area contributed by atoms with Crippen LogP contribution < -0.4 is 0 Å². The van der Waals surface area contributed by atoms with Gasteiger partial charge in [-0.1, -0.05) is 6.08 Å². The molecule has 1 atom stereocenters. The van der Waals surface area contributed by atoms with Crippen LogP contribution in [0.2, 0.25) is 0 Å². The van der Waals surface area contributed by atoms with E-state index >= 15 is 0 Å². The topological polar surface area (TPSA) is 60.9 Å². The van der Waals surface area contributed by atoms with Crippen molar-refractivity contribution in [2.24, 2.45) is 0 Å². The van der Waals surface area contributed by atoms with E-state index in [0.717, 1.165) is 12.8 Å². The van der Waals surface area contributed by atoms with E-state index in [1.165, 1.54) is 0 Å². The zero-order valence-electron chi connectivity index (χ0n) is 11.1. The van der Waals surface area contributed by atoms with Gasteiger partial charge in [0.1, 0.15) is 0 Å². The number of aliphatic carboxylic acids is 1. The smallest absolute Gasteiger partial charge is 0.320 e. The average Bonchev–Trinajstić information content (AvgIpc) is 2.71. The highest BCUT2D eigenvalue weighted by Crippen LogP contribution is 2.22. The van der Waals surface area contributed by atoms with Crippen LogP contribution in [-0.2, 0) is 4.79 Å². The Hall–Kier alpha value is -1.52. The van der Waals surface area contributed by atoms with Crippen LogP contribution in [0, 0.1) is 0 Å². The molecule has 1 rings (SSSR count). The fourth-order valence-corrected chi connectivity index (χ4v) is 2.32. The molecule has 1 unspecified atom stereocenters. The lowest BCUT2D eigenvalue weighted by molar-refractivity contribution is -0.138. The second kappa shape index (κ2) is 6.42. The minimum absolute atomic E-state index is 0.0335. The number of urea groups is 1. The van der Waals surface area contributed by atoms with Crippen LogP contribution in [0.4, 0.5) is 4.79 Å². The van der Waals surface area contributed by atoms with E-state index in [9.17, 15) is 9.59 Å². The van der Waals surface area contributed by atoms with Crippen LogP contribution in [0.5, 0.6) is 0 Å². The summed E-state index contributed by atoms with van der Waals surface area (Å²) in [6.07, 6.45) is 3.38. The van der Waals surface area contributed by atoms with E-state index in [4.69, 9.17) is 5.11 Å². The SMILES string of the molecule is C=CCN(C(=O)N1CCCC1CC(=O)O)C(C)C. The van der Waals surface area contributed by atoms with Crippen molar-refractivity contribution in [3.63, 3.8) is 0 Å². The highest BCUT2D eigenvalue weighted by molar-refractivity contribution is 5.77. The molecule has 0 aliphatic carbocycles. The van der Waals surface area contributed by atoms with Gasteiger partial charge in [0.25, 0.3) is 0 Å². The maximum absolute atomic E-state index is 12.4. The number of carboxylic acids is 1. The molecular weight excluding hydrogens is 232 g/mol. The largest absolute Gasteiger partial charge is 0.481 e. The number of carbonyl (C=O) groups is 2. The summed E-state index contributed by atoms with van der Waals surface area (Å²) >= 11 is 0. The Morgan fingerprint density at radius 3 is 2.72 bits per heavy atom. The molecule has 0 spiro atoms. The molecule has 1 aliphatic rings. The number of likely N-dealkylation sites (tertiary alicyclic amines) is 1. The van der Waals surface area contributed by atoms with Crippen molar-refractivity contribution < 1.29 is 14.7 Å². The maximum Gasteiger partial charge on any atom is 0.320 e. The molecule has 1 N–H and O–H groups in total. The van der Waals surface area contributed by atoms with Crippen LogP contribution in [0.25, 0.3) is 0 Å². The fourth-order valence-electron chi connectivity index (χ4n) is 2.32. The third-order valence-electron chi connectivity index (χ3n) is 3.23. The lowest BCUT2D eigenvalue weighted by Gasteiger charge is -2.33. The third-order valence-corrected chi connectivity index (χ3v) is 3.23. The van der Waals surface area contributed by atoms with Crippen molar-refractivity contribution in [1.29, 1.82) is 0 Å². The first-order valence-corrected chi connectivity index (χ1v) is 6.37. The van der Waals surface area contributed by atoms with Gasteiger partial charge in [-0.2, -0.15) is 0 Å². The number of amides is 2. The number of rotatable bonds is 5. The van der Waals surface area contributed by atoms with Gasteiger partial charge in [-0.15, -0.1) is 6.58 Å². The number of nitrogens with zero attached hydrogens (tertiary/aromatic N) is 2. The lowest BCUT2D eigenvalue weighted by Crippen LogP contribution is -2.48. The molecule has 0 saturated carbocycles. The fraction of sp³-hybridized carbons (Fsp3) is 0.692. The Morgan fingerprint density at radius 2 is 2.22 bits per heavy atom. The minimum atomic E-state index is -0.848. The van der Waals surface area contributed by atoms with Gasteiger partial charge in [-0.3, -0.25) is 4.79 Å². The molecule has 2 amide bonds. The van der Waals surface area contributed by atoms with Crippen molar-refractivity contribution in [2.45, 2.75) is 45.2 Å². The molecule has 0 aromatic rings. The van der Waals surface area contributed by atoms with Crippen LogP contribution in [0.15, 0.2) is 12.7 Å². The molecule has 0 aromatic heterocycles. The van der Waals surface area contributed by atoms with E-state index < -0.39 is 5.97 Å². The lowest BCUT2D eigenvalue weighted by atomic mass is 10.1. The second-order valence-electron chi connectivity index (χ2n) is 4.90. The van der Waals surface area contributed by atoms with E-state index in [0.29, 0.717) is 13.1 Å². The normalized spacial score (nSPS) is 19.1. The number of carbonyl (C=O) groups excluding carboxylic acids is 1. The van der Waals surface area contributed by atoms with Gasteiger partial charge in [-0.05, 0) is 26.7 Å². The standard InChI is InChI=1S/C13H22N2O3/c1-4-7-14(10(2)3)13(18)15-8-5-6-11(15)9-12(16)17/h4,10-11H,1,5-9H2,2-3H3,(H,16,17). The molecular formula is C13H22N2O3. The summed E-state index contributed by atoms with van der Waals surface area (Å²) in [5.74, 6) is -0.848. The Bertz CT molecular complexity index is 328. The molecule has 1 saturated heterocycles. The van der Waals surface area contributed by atoms with Crippen LogP contribution in [0.1, 0.15) is 33.1 Å². The van der Waals surface area contributed by atoms with Gasteiger partial charge < -0.3 is 14.9 Å². The summed E-state index contributed by atoms with van der Waals surface area (Å²) in [6.45, 7) is 8.69. The zero-order valence-corrected chi connectivity index (χ0v) is 11.1. The van der Waals surface area contributed by atoms with Gasteiger partial charge in [0, 0.05) is 25.2 Å². The van der Waals surface area contributed by atoms with Crippen molar-refractivity contribution >= 4 is 12.0 Å². The molecule has 1 fully saturated rings. The summed E-state index contributed by atoms with van der Waals surface area (Å²) in [7, 11) is 0. The van der Waals surface area contributed by atoms with Crippen molar-refractivity contribution in [3.05, 3.63) is 12.7 Å². The van der Waals surface area contributed by atoms with Crippen LogP contribution >= 0.6 is 0 Å². The molecule has 0 bridgehead atoms. The summed E-state index contributed by atoms with van der Waals surface area (Å²) in [4.78, 5) is 26.6. The van der Waals surface area contributed by atoms with Crippen LogP contribution in [0.3, 0.4) is 0 Å². The van der Waals surface area contributed by atoms with Crippen molar-refractivity contribution in [1.82, 2.24) is 9.80 Å². The van der Waals surface area contributed by atoms with Crippen molar-refractivity contribution in [3.8, 4) is 0 Å². The van der Waals surface area contributed by atoms with E-state index in [1.807, 2.05) is 13.8 Å². The van der Waals surface area contributed by atoms with Gasteiger partial charge in [-0.25, -0.2) is 4.79 Å². The molecule has 18 heavy (non-hydrogen) atoms. The first-order valence-electron chi connectivity index (χ1n) is 6.37. The minimum Gasteiger partial charge on any atom is -0.481 e. The van der Waals surface area contributed by atoms with Gasteiger partial charge in [0.05, 0.1) is 6.42 Å². The van der Waals surface area contributed by atoms with Gasteiger partial charge in [0.2, 0.25) is 0 Å². The Balaban J connectivity index is 2.73. The number of carboxylic acid groups (broad SMARTS) is 1. The Kier molecular flexibility index (Phi) is 5.19. The maximum atomic E-state index is 12.4. The summed E-state index contributed by atoms with van der Waals surface area (Å²) < 4.78 is 0. The number of hydrogen-bond donors (Lipinski definition) is 1. The second-order valence-corrected chi connectivity index (χ2v) is 4.90. The molecule has 0 radical (unpaired) electrons. The van der Waals surface area contributed by atoms with E-state index in [-0.39, 0.29) is 24.5 Å². The highest BCUT2D eigenvalue weighted by Gasteiger charge is 2.33. The summed E-state index contributed by atoms with van der Waals surface area (Å²) in [6, 6.07) is -0.156. The van der Waals surface area contributed by atoms with Gasteiger partial charge >= 0.3 is 12.0 Å². The molecule has 102 valence electrons. The van der Waals surface area contributed by atoms with E-state index in [1.54, 1.807) is 15.9 Å². The monoisotopic (exact) mass is 254 g/mol. The van der Waals surface area contributed by atoms with Gasteiger partial charge in [0.15, 0.2) is 0 Å². The first-order chi connectivity index (χ1) is 8.47.